The first-order chi connectivity index (χ1) is 6.77. The SMILES string of the molecule is NC1CCN(O)C(c2ccccc2)C1. The highest BCUT2D eigenvalue weighted by Crippen LogP contribution is 2.28. The molecule has 1 aliphatic heterocycles. The van der Waals surface area contributed by atoms with Gasteiger partial charge in [-0.25, -0.2) is 0 Å². The molecular weight excluding hydrogens is 176 g/mol. The normalized spacial score (nSPS) is 29.0. The lowest BCUT2D eigenvalue weighted by molar-refractivity contribution is -0.146. The lowest BCUT2D eigenvalue weighted by Gasteiger charge is -2.34. The smallest absolute Gasteiger partial charge is 0.0614 e. The molecule has 1 aromatic rings. The molecule has 0 saturated carbocycles. The fourth-order valence-corrected chi connectivity index (χ4v) is 1.96. The third-order valence-corrected chi connectivity index (χ3v) is 2.80. The summed E-state index contributed by atoms with van der Waals surface area (Å²) in [7, 11) is 0. The highest BCUT2D eigenvalue weighted by Gasteiger charge is 2.26. The van der Waals surface area contributed by atoms with Crippen molar-refractivity contribution in [2.75, 3.05) is 6.54 Å². The summed E-state index contributed by atoms with van der Waals surface area (Å²) >= 11 is 0. The van der Waals surface area contributed by atoms with Crippen LogP contribution in [0.25, 0.3) is 0 Å². The van der Waals surface area contributed by atoms with Crippen LogP contribution in [0.4, 0.5) is 0 Å². The zero-order valence-electron chi connectivity index (χ0n) is 8.13. The van der Waals surface area contributed by atoms with Gasteiger partial charge in [-0.2, -0.15) is 5.06 Å². The molecule has 1 saturated heterocycles. The van der Waals surface area contributed by atoms with E-state index in [-0.39, 0.29) is 12.1 Å². The molecule has 1 fully saturated rings. The van der Waals surface area contributed by atoms with Crippen LogP contribution in [0, 0.1) is 0 Å². The number of piperidine rings is 1. The summed E-state index contributed by atoms with van der Waals surface area (Å²) in [5, 5.41) is 11.1. The number of nitrogens with zero attached hydrogens (tertiary/aromatic N) is 1. The molecule has 1 aliphatic rings. The maximum Gasteiger partial charge on any atom is 0.0614 e. The molecule has 0 aliphatic carbocycles. The summed E-state index contributed by atoms with van der Waals surface area (Å²) < 4.78 is 0. The van der Waals surface area contributed by atoms with Crippen molar-refractivity contribution in [2.45, 2.75) is 24.9 Å². The van der Waals surface area contributed by atoms with Gasteiger partial charge in [-0.1, -0.05) is 30.3 Å². The molecule has 2 rings (SSSR count). The Bertz CT molecular complexity index is 289. The number of hydrogen-bond donors (Lipinski definition) is 2. The summed E-state index contributed by atoms with van der Waals surface area (Å²) in [5.74, 6) is 0. The van der Waals surface area contributed by atoms with Crippen molar-refractivity contribution in [3.63, 3.8) is 0 Å². The molecular formula is C11H16N2O. The van der Waals surface area contributed by atoms with Gasteiger partial charge in [-0.3, -0.25) is 0 Å². The quantitative estimate of drug-likeness (QED) is 0.709. The van der Waals surface area contributed by atoms with E-state index in [0.717, 1.165) is 18.4 Å². The maximum atomic E-state index is 9.72. The Morgan fingerprint density at radius 3 is 2.71 bits per heavy atom. The summed E-state index contributed by atoms with van der Waals surface area (Å²) in [6, 6.07) is 10.3. The van der Waals surface area contributed by atoms with Gasteiger partial charge in [-0.15, -0.1) is 0 Å². The molecule has 14 heavy (non-hydrogen) atoms. The van der Waals surface area contributed by atoms with Crippen molar-refractivity contribution < 1.29 is 5.21 Å². The van der Waals surface area contributed by atoms with Gasteiger partial charge < -0.3 is 10.9 Å². The second-order valence-corrected chi connectivity index (χ2v) is 3.87. The van der Waals surface area contributed by atoms with Crippen LogP contribution in [-0.2, 0) is 0 Å². The van der Waals surface area contributed by atoms with Gasteiger partial charge in [0, 0.05) is 12.6 Å². The molecule has 76 valence electrons. The van der Waals surface area contributed by atoms with Crippen molar-refractivity contribution >= 4 is 0 Å². The van der Waals surface area contributed by atoms with Gasteiger partial charge in [0.15, 0.2) is 0 Å². The Labute approximate surface area is 84.1 Å². The van der Waals surface area contributed by atoms with Gasteiger partial charge in [-0.05, 0) is 18.4 Å². The molecule has 2 unspecified atom stereocenters. The first kappa shape index (κ1) is 9.65. The molecule has 3 heteroatoms. The largest absolute Gasteiger partial charge is 0.328 e. The van der Waals surface area contributed by atoms with Crippen LogP contribution in [0.15, 0.2) is 30.3 Å². The molecule has 0 amide bonds. The average Bonchev–Trinajstić information content (AvgIpc) is 2.23. The standard InChI is InChI=1S/C11H16N2O/c12-10-6-7-13(14)11(8-10)9-4-2-1-3-5-9/h1-5,10-11,14H,6-8,12H2. The van der Waals surface area contributed by atoms with E-state index in [9.17, 15) is 5.21 Å². The molecule has 0 radical (unpaired) electrons. The second kappa shape index (κ2) is 4.09. The lowest BCUT2D eigenvalue weighted by Crippen LogP contribution is -2.40. The predicted octanol–water partition coefficient (Wildman–Crippen LogP) is 1.54. The summed E-state index contributed by atoms with van der Waals surface area (Å²) in [6.07, 6.45) is 1.71. The van der Waals surface area contributed by atoms with Gasteiger partial charge in [0.25, 0.3) is 0 Å². The summed E-state index contributed by atoms with van der Waals surface area (Å²) in [6.45, 7) is 0.667. The highest BCUT2D eigenvalue weighted by atomic mass is 16.5. The average molecular weight is 192 g/mol. The van der Waals surface area contributed by atoms with Crippen LogP contribution in [-0.4, -0.2) is 22.9 Å². The zero-order valence-corrected chi connectivity index (χ0v) is 8.13. The molecule has 1 aromatic carbocycles. The first-order valence-corrected chi connectivity index (χ1v) is 5.03. The third kappa shape index (κ3) is 1.95. The predicted molar refractivity (Wildman–Crippen MR) is 54.9 cm³/mol. The fraction of sp³-hybridized carbons (Fsp3) is 0.455. The first-order valence-electron chi connectivity index (χ1n) is 5.03. The number of benzene rings is 1. The zero-order chi connectivity index (χ0) is 9.97. The van der Waals surface area contributed by atoms with E-state index in [2.05, 4.69) is 0 Å². The van der Waals surface area contributed by atoms with E-state index in [1.54, 1.807) is 0 Å². The van der Waals surface area contributed by atoms with Crippen LogP contribution in [0.2, 0.25) is 0 Å². The molecule has 2 atom stereocenters. The van der Waals surface area contributed by atoms with Crippen molar-refractivity contribution in [2.24, 2.45) is 5.73 Å². The number of rotatable bonds is 1. The molecule has 0 bridgehead atoms. The number of nitrogens with two attached hydrogens (primary N) is 1. The van der Waals surface area contributed by atoms with Crippen LogP contribution in [0.1, 0.15) is 24.4 Å². The minimum Gasteiger partial charge on any atom is -0.328 e. The van der Waals surface area contributed by atoms with Crippen LogP contribution >= 0.6 is 0 Å². The van der Waals surface area contributed by atoms with E-state index in [4.69, 9.17) is 5.73 Å². The number of hydrogen-bond acceptors (Lipinski definition) is 3. The highest BCUT2D eigenvalue weighted by molar-refractivity contribution is 5.19. The van der Waals surface area contributed by atoms with Gasteiger partial charge >= 0.3 is 0 Å². The fourth-order valence-electron chi connectivity index (χ4n) is 1.96. The van der Waals surface area contributed by atoms with E-state index in [0.29, 0.717) is 6.54 Å². The van der Waals surface area contributed by atoms with E-state index in [1.165, 1.54) is 5.06 Å². The Morgan fingerprint density at radius 1 is 1.29 bits per heavy atom. The van der Waals surface area contributed by atoms with E-state index >= 15 is 0 Å². The minimum absolute atomic E-state index is 0.0694. The summed E-state index contributed by atoms with van der Waals surface area (Å²) in [5.41, 5.74) is 7.03. The topological polar surface area (TPSA) is 49.5 Å². The minimum atomic E-state index is 0.0694. The Hall–Kier alpha value is -0.900. The van der Waals surface area contributed by atoms with Crippen LogP contribution < -0.4 is 5.73 Å². The van der Waals surface area contributed by atoms with Gasteiger partial charge in [0.1, 0.15) is 0 Å². The van der Waals surface area contributed by atoms with E-state index in [1.807, 2.05) is 30.3 Å². The van der Waals surface area contributed by atoms with Crippen molar-refractivity contribution in [1.82, 2.24) is 5.06 Å². The van der Waals surface area contributed by atoms with Gasteiger partial charge in [0.05, 0.1) is 6.04 Å². The maximum absolute atomic E-state index is 9.72. The van der Waals surface area contributed by atoms with Crippen molar-refractivity contribution in [3.05, 3.63) is 35.9 Å². The van der Waals surface area contributed by atoms with Crippen LogP contribution in [0.5, 0.6) is 0 Å². The molecule has 3 nitrogen and oxygen atoms in total. The van der Waals surface area contributed by atoms with Crippen LogP contribution in [0.3, 0.4) is 0 Å². The van der Waals surface area contributed by atoms with Gasteiger partial charge in [0.2, 0.25) is 0 Å². The van der Waals surface area contributed by atoms with Crippen molar-refractivity contribution in [3.8, 4) is 0 Å². The lowest BCUT2D eigenvalue weighted by atomic mass is 9.94. The molecule has 1 heterocycles. The Morgan fingerprint density at radius 2 is 2.00 bits per heavy atom. The molecule has 0 spiro atoms. The summed E-state index contributed by atoms with van der Waals surface area (Å²) in [4.78, 5) is 0. The van der Waals surface area contributed by atoms with Crippen molar-refractivity contribution in [1.29, 1.82) is 0 Å². The number of hydroxylamine groups is 2. The van der Waals surface area contributed by atoms with E-state index < -0.39 is 0 Å². The molecule has 0 aromatic heterocycles. The second-order valence-electron chi connectivity index (χ2n) is 3.87. The molecule has 3 N–H and O–H groups in total. The Kier molecular flexibility index (Phi) is 2.82. The Balaban J connectivity index is 2.16. The third-order valence-electron chi connectivity index (χ3n) is 2.80. The monoisotopic (exact) mass is 192 g/mol.